The number of hydrogen-bond donors (Lipinski definition) is 0. The van der Waals surface area contributed by atoms with Gasteiger partial charge in [-0.3, -0.25) is 0 Å². The molecule has 1 aromatic carbocycles. The van der Waals surface area contributed by atoms with Gasteiger partial charge in [-0.05, 0) is 6.07 Å². The van der Waals surface area contributed by atoms with Crippen molar-refractivity contribution in [3.63, 3.8) is 0 Å². The Bertz CT molecular complexity index is 469. The van der Waals surface area contributed by atoms with E-state index in [9.17, 15) is 13.2 Å². The van der Waals surface area contributed by atoms with E-state index in [1.165, 1.54) is 0 Å². The minimum Gasteiger partial charge on any atom is -0.429 e. The van der Waals surface area contributed by atoms with E-state index in [4.69, 9.17) is 4.74 Å². The molecule has 0 aliphatic heterocycles. The standard InChI is InChI=1S/C9H4F3N2OS/c10-9(11,12)7-13-14-8(16-7)15-6-4-2-1-3-5-6/h1-4H. The predicted molar refractivity (Wildman–Crippen MR) is 50.3 cm³/mol. The highest BCUT2D eigenvalue weighted by Gasteiger charge is 2.36. The summed E-state index contributed by atoms with van der Waals surface area (Å²) in [6.45, 7) is 0. The van der Waals surface area contributed by atoms with Gasteiger partial charge >= 0.3 is 6.18 Å². The summed E-state index contributed by atoms with van der Waals surface area (Å²) in [5.41, 5.74) is 0. The number of alkyl halides is 3. The van der Waals surface area contributed by atoms with Crippen LogP contribution in [0.4, 0.5) is 13.2 Å². The Kier molecular flexibility index (Phi) is 2.78. The van der Waals surface area contributed by atoms with E-state index in [1.54, 1.807) is 24.3 Å². The molecule has 0 bridgehead atoms. The molecule has 0 amide bonds. The smallest absolute Gasteiger partial charge is 0.429 e. The molecule has 0 aliphatic rings. The molecule has 1 aromatic heterocycles. The van der Waals surface area contributed by atoms with Gasteiger partial charge in [-0.15, -0.1) is 5.10 Å². The highest BCUT2D eigenvalue weighted by molar-refractivity contribution is 7.13. The van der Waals surface area contributed by atoms with Gasteiger partial charge in [-0.25, -0.2) is 0 Å². The van der Waals surface area contributed by atoms with Crippen LogP contribution in [-0.2, 0) is 6.18 Å². The Morgan fingerprint density at radius 2 is 2.06 bits per heavy atom. The van der Waals surface area contributed by atoms with Crippen LogP contribution in [0, 0.1) is 6.07 Å². The third kappa shape index (κ3) is 2.48. The molecule has 0 spiro atoms. The van der Waals surface area contributed by atoms with Crippen LogP contribution in [0.2, 0.25) is 0 Å². The van der Waals surface area contributed by atoms with Crippen LogP contribution < -0.4 is 4.74 Å². The zero-order valence-electron chi connectivity index (χ0n) is 7.65. The number of para-hydroxylation sites is 1. The second-order valence-electron chi connectivity index (χ2n) is 2.70. The molecule has 0 saturated heterocycles. The first-order chi connectivity index (χ1) is 7.55. The largest absolute Gasteiger partial charge is 0.445 e. The molecule has 1 radical (unpaired) electrons. The molecule has 0 fully saturated rings. The number of halogens is 3. The third-order valence-electron chi connectivity index (χ3n) is 1.53. The number of nitrogens with zero attached hydrogens (tertiary/aromatic N) is 2. The van der Waals surface area contributed by atoms with E-state index >= 15 is 0 Å². The highest BCUT2D eigenvalue weighted by atomic mass is 32.1. The molecule has 2 rings (SSSR count). The van der Waals surface area contributed by atoms with Crippen LogP contribution in [0.15, 0.2) is 24.3 Å². The van der Waals surface area contributed by atoms with Crippen molar-refractivity contribution in [3.05, 3.63) is 35.3 Å². The van der Waals surface area contributed by atoms with Crippen molar-refractivity contribution in [1.29, 1.82) is 0 Å². The van der Waals surface area contributed by atoms with E-state index in [0.29, 0.717) is 17.1 Å². The molecule has 16 heavy (non-hydrogen) atoms. The average molecular weight is 245 g/mol. The number of rotatable bonds is 2. The SMILES string of the molecule is FC(F)(F)c1nnc(Oc2[c]cccc2)s1. The summed E-state index contributed by atoms with van der Waals surface area (Å²) >= 11 is 0.345. The van der Waals surface area contributed by atoms with Gasteiger partial charge in [0.25, 0.3) is 5.19 Å². The van der Waals surface area contributed by atoms with Crippen molar-refractivity contribution >= 4 is 11.3 Å². The van der Waals surface area contributed by atoms with Crippen molar-refractivity contribution in [2.24, 2.45) is 0 Å². The van der Waals surface area contributed by atoms with Crippen LogP contribution in [0.25, 0.3) is 0 Å². The lowest BCUT2D eigenvalue weighted by molar-refractivity contribution is -0.138. The van der Waals surface area contributed by atoms with Gasteiger partial charge in [0.15, 0.2) is 0 Å². The lowest BCUT2D eigenvalue weighted by Gasteiger charge is -1.99. The zero-order chi connectivity index (χ0) is 11.6. The van der Waals surface area contributed by atoms with E-state index < -0.39 is 11.2 Å². The Hall–Kier alpha value is -1.63. The quantitative estimate of drug-likeness (QED) is 0.815. The minimum absolute atomic E-state index is 0.158. The molecule has 0 aliphatic carbocycles. The lowest BCUT2D eigenvalue weighted by Crippen LogP contribution is -2.03. The van der Waals surface area contributed by atoms with E-state index in [2.05, 4.69) is 16.3 Å². The van der Waals surface area contributed by atoms with Crippen molar-refractivity contribution < 1.29 is 17.9 Å². The Morgan fingerprint density at radius 3 is 2.62 bits per heavy atom. The minimum atomic E-state index is -4.49. The Labute approximate surface area is 92.5 Å². The van der Waals surface area contributed by atoms with E-state index in [0.717, 1.165) is 0 Å². The second-order valence-corrected chi connectivity index (χ2v) is 3.64. The summed E-state index contributed by atoms with van der Waals surface area (Å²) in [5.74, 6) is 0.298. The summed E-state index contributed by atoms with van der Waals surface area (Å²) in [5, 5.41) is 5.09. The van der Waals surface area contributed by atoms with Crippen molar-refractivity contribution in [2.45, 2.75) is 6.18 Å². The molecular weight excluding hydrogens is 241 g/mol. The van der Waals surface area contributed by atoms with E-state index in [1.807, 2.05) is 0 Å². The van der Waals surface area contributed by atoms with Gasteiger partial charge in [0.1, 0.15) is 5.75 Å². The molecule has 1 heterocycles. The lowest BCUT2D eigenvalue weighted by atomic mass is 10.3. The predicted octanol–water partition coefficient (Wildman–Crippen LogP) is 3.15. The van der Waals surface area contributed by atoms with Gasteiger partial charge in [-0.2, -0.15) is 13.2 Å². The first-order valence-corrected chi connectivity index (χ1v) is 4.92. The van der Waals surface area contributed by atoms with Crippen LogP contribution in [0.3, 0.4) is 0 Å². The topological polar surface area (TPSA) is 35.0 Å². The maximum absolute atomic E-state index is 12.2. The number of hydrogen-bond acceptors (Lipinski definition) is 4. The summed E-state index contributed by atoms with van der Waals surface area (Å²) in [7, 11) is 0. The molecule has 0 N–H and O–H groups in total. The van der Waals surface area contributed by atoms with Gasteiger partial charge < -0.3 is 4.74 Å². The first-order valence-electron chi connectivity index (χ1n) is 4.11. The molecule has 0 atom stereocenters. The monoisotopic (exact) mass is 245 g/mol. The van der Waals surface area contributed by atoms with Crippen LogP contribution in [0.1, 0.15) is 5.01 Å². The summed E-state index contributed by atoms with van der Waals surface area (Å²) in [6, 6.07) is 9.24. The number of benzene rings is 1. The Morgan fingerprint density at radius 1 is 1.25 bits per heavy atom. The van der Waals surface area contributed by atoms with Crippen molar-refractivity contribution in [3.8, 4) is 10.9 Å². The fourth-order valence-electron chi connectivity index (χ4n) is 0.900. The fourth-order valence-corrected chi connectivity index (χ4v) is 1.48. The maximum atomic E-state index is 12.2. The molecule has 3 nitrogen and oxygen atoms in total. The second kappa shape index (κ2) is 4.09. The summed E-state index contributed by atoms with van der Waals surface area (Å²) in [6.07, 6.45) is -4.49. The molecule has 7 heteroatoms. The van der Waals surface area contributed by atoms with Crippen LogP contribution in [0.5, 0.6) is 10.9 Å². The normalized spacial score (nSPS) is 11.4. The third-order valence-corrected chi connectivity index (χ3v) is 2.37. The molecule has 83 valence electrons. The van der Waals surface area contributed by atoms with Crippen LogP contribution in [-0.4, -0.2) is 10.2 Å². The fraction of sp³-hybridized carbons (Fsp3) is 0.111. The van der Waals surface area contributed by atoms with Gasteiger partial charge in [0, 0.05) is 6.07 Å². The molecule has 0 unspecified atom stereocenters. The molecular formula is C9H4F3N2OS. The maximum Gasteiger partial charge on any atom is 0.445 e. The van der Waals surface area contributed by atoms with Crippen LogP contribution >= 0.6 is 11.3 Å². The zero-order valence-corrected chi connectivity index (χ0v) is 8.47. The van der Waals surface area contributed by atoms with Gasteiger partial charge in [-0.1, -0.05) is 34.6 Å². The Balaban J connectivity index is 2.15. The first kappa shape index (κ1) is 10.9. The average Bonchev–Trinajstić information content (AvgIpc) is 2.67. The number of ether oxygens (including phenoxy) is 1. The number of aromatic nitrogens is 2. The summed E-state index contributed by atoms with van der Waals surface area (Å²) < 4.78 is 41.6. The van der Waals surface area contributed by atoms with Gasteiger partial charge in [0.05, 0.1) is 0 Å². The molecule has 0 saturated carbocycles. The van der Waals surface area contributed by atoms with Crippen molar-refractivity contribution in [2.75, 3.05) is 0 Å². The van der Waals surface area contributed by atoms with Crippen molar-refractivity contribution in [1.82, 2.24) is 10.2 Å². The summed E-state index contributed by atoms with van der Waals surface area (Å²) in [4.78, 5) is 0. The van der Waals surface area contributed by atoms with Gasteiger partial charge in [0.2, 0.25) is 5.01 Å². The van der Waals surface area contributed by atoms with E-state index in [-0.39, 0.29) is 5.19 Å². The molecule has 2 aromatic rings. The highest BCUT2D eigenvalue weighted by Crippen LogP contribution is 2.35.